The normalized spacial score (nSPS) is 10.4. The van der Waals surface area contributed by atoms with Gasteiger partial charge in [-0.25, -0.2) is 0 Å². The van der Waals surface area contributed by atoms with Crippen molar-refractivity contribution >= 4 is 5.91 Å². The molecule has 1 N–H and O–H groups in total. The summed E-state index contributed by atoms with van der Waals surface area (Å²) in [5, 5.41) is 3.33. The molecule has 0 aromatic carbocycles. The summed E-state index contributed by atoms with van der Waals surface area (Å²) in [5.41, 5.74) is 1.22. The van der Waals surface area contributed by atoms with Crippen molar-refractivity contribution in [2.24, 2.45) is 0 Å². The summed E-state index contributed by atoms with van der Waals surface area (Å²) in [6.45, 7) is 4.47. The van der Waals surface area contributed by atoms with E-state index in [1.54, 1.807) is 19.0 Å². The highest BCUT2D eigenvalue weighted by molar-refractivity contribution is 5.75. The predicted octanol–water partition coefficient (Wildman–Crippen LogP) is 1.08. The van der Waals surface area contributed by atoms with Crippen LogP contribution in [0.1, 0.15) is 18.9 Å². The molecule has 0 saturated carbocycles. The number of likely N-dealkylation sites (N-methyl/N-ethyl adjacent to an activating group) is 1. The lowest BCUT2D eigenvalue weighted by Gasteiger charge is -2.10. The number of rotatable bonds is 6. The fourth-order valence-electron chi connectivity index (χ4n) is 1.40. The highest BCUT2D eigenvalue weighted by Gasteiger charge is 2.04. The van der Waals surface area contributed by atoms with Gasteiger partial charge in [-0.1, -0.05) is 6.92 Å². The first kappa shape index (κ1) is 12.8. The second-order valence-corrected chi connectivity index (χ2v) is 4.16. The van der Waals surface area contributed by atoms with Gasteiger partial charge in [0, 0.05) is 33.0 Å². The van der Waals surface area contributed by atoms with Crippen molar-refractivity contribution < 1.29 is 4.79 Å². The molecule has 4 nitrogen and oxygen atoms in total. The van der Waals surface area contributed by atoms with Crippen molar-refractivity contribution in [1.82, 2.24) is 14.8 Å². The van der Waals surface area contributed by atoms with Crippen molar-refractivity contribution in [1.29, 1.82) is 0 Å². The van der Waals surface area contributed by atoms with Gasteiger partial charge in [-0.15, -0.1) is 0 Å². The SMILES string of the molecule is CCCNCc1ccn(CC(=O)N(C)C)c1. The van der Waals surface area contributed by atoms with Crippen LogP contribution in [-0.2, 0) is 17.9 Å². The minimum absolute atomic E-state index is 0.115. The molecule has 0 unspecified atom stereocenters. The van der Waals surface area contributed by atoms with Crippen LogP contribution >= 0.6 is 0 Å². The molecule has 1 aromatic heterocycles. The Bertz CT molecular complexity index is 331. The number of aromatic nitrogens is 1. The summed E-state index contributed by atoms with van der Waals surface area (Å²) in [6.07, 6.45) is 5.11. The number of carbonyl (C=O) groups is 1. The van der Waals surface area contributed by atoms with Gasteiger partial charge >= 0.3 is 0 Å². The number of amides is 1. The van der Waals surface area contributed by atoms with E-state index >= 15 is 0 Å². The number of nitrogens with one attached hydrogen (secondary N) is 1. The molecule has 0 aliphatic rings. The molecular formula is C12H21N3O. The Balaban J connectivity index is 2.42. The smallest absolute Gasteiger partial charge is 0.241 e. The molecule has 1 rings (SSSR count). The van der Waals surface area contributed by atoms with Crippen LogP contribution in [0.4, 0.5) is 0 Å². The molecular weight excluding hydrogens is 202 g/mol. The van der Waals surface area contributed by atoms with E-state index in [-0.39, 0.29) is 5.91 Å². The fourth-order valence-corrected chi connectivity index (χ4v) is 1.40. The lowest BCUT2D eigenvalue weighted by molar-refractivity contribution is -0.129. The summed E-state index contributed by atoms with van der Waals surface area (Å²) < 4.78 is 1.92. The van der Waals surface area contributed by atoms with Gasteiger partial charge in [0.2, 0.25) is 5.91 Å². The topological polar surface area (TPSA) is 37.3 Å². The third kappa shape index (κ3) is 4.06. The van der Waals surface area contributed by atoms with Crippen molar-refractivity contribution in [3.63, 3.8) is 0 Å². The van der Waals surface area contributed by atoms with E-state index in [1.807, 2.05) is 23.0 Å². The van der Waals surface area contributed by atoms with Crippen LogP contribution in [0.15, 0.2) is 18.5 Å². The van der Waals surface area contributed by atoms with Crippen LogP contribution in [0.2, 0.25) is 0 Å². The van der Waals surface area contributed by atoms with Gasteiger partial charge in [-0.3, -0.25) is 4.79 Å². The van der Waals surface area contributed by atoms with Crippen molar-refractivity contribution in [3.05, 3.63) is 24.0 Å². The van der Waals surface area contributed by atoms with Crippen molar-refractivity contribution in [2.75, 3.05) is 20.6 Å². The molecule has 0 atom stereocenters. The Morgan fingerprint density at radius 3 is 2.88 bits per heavy atom. The number of nitrogens with zero attached hydrogens (tertiary/aromatic N) is 2. The van der Waals surface area contributed by atoms with Crippen LogP contribution < -0.4 is 5.32 Å². The highest BCUT2D eigenvalue weighted by Crippen LogP contribution is 2.01. The summed E-state index contributed by atoms with van der Waals surface area (Å²) in [6, 6.07) is 2.05. The van der Waals surface area contributed by atoms with E-state index < -0.39 is 0 Å². The Kier molecular flexibility index (Phi) is 5.05. The van der Waals surface area contributed by atoms with E-state index in [1.165, 1.54) is 5.56 Å². The fraction of sp³-hybridized carbons (Fsp3) is 0.583. The molecule has 1 aromatic rings. The van der Waals surface area contributed by atoms with Crippen LogP contribution in [-0.4, -0.2) is 36.0 Å². The first-order valence-electron chi connectivity index (χ1n) is 5.69. The second kappa shape index (κ2) is 6.33. The maximum atomic E-state index is 11.5. The molecule has 0 saturated heterocycles. The molecule has 90 valence electrons. The maximum Gasteiger partial charge on any atom is 0.241 e. The van der Waals surface area contributed by atoms with Gasteiger partial charge in [0.05, 0.1) is 0 Å². The molecule has 0 aliphatic heterocycles. The minimum Gasteiger partial charge on any atom is -0.347 e. The lowest BCUT2D eigenvalue weighted by atomic mass is 10.3. The summed E-state index contributed by atoms with van der Waals surface area (Å²) in [5.74, 6) is 0.115. The van der Waals surface area contributed by atoms with E-state index in [4.69, 9.17) is 0 Å². The summed E-state index contributed by atoms with van der Waals surface area (Å²) in [4.78, 5) is 13.1. The molecule has 0 radical (unpaired) electrons. The maximum absolute atomic E-state index is 11.5. The third-order valence-corrected chi connectivity index (χ3v) is 2.38. The second-order valence-electron chi connectivity index (χ2n) is 4.16. The van der Waals surface area contributed by atoms with Gasteiger partial charge < -0.3 is 14.8 Å². The van der Waals surface area contributed by atoms with E-state index in [2.05, 4.69) is 12.2 Å². The minimum atomic E-state index is 0.115. The third-order valence-electron chi connectivity index (χ3n) is 2.38. The molecule has 0 bridgehead atoms. The van der Waals surface area contributed by atoms with Gasteiger partial charge in [0.25, 0.3) is 0 Å². The number of carbonyl (C=O) groups excluding carboxylic acids is 1. The van der Waals surface area contributed by atoms with Crippen LogP contribution in [0.25, 0.3) is 0 Å². The summed E-state index contributed by atoms with van der Waals surface area (Å²) >= 11 is 0. The molecule has 0 aliphatic carbocycles. The summed E-state index contributed by atoms with van der Waals surface area (Å²) in [7, 11) is 3.55. The zero-order valence-corrected chi connectivity index (χ0v) is 10.4. The van der Waals surface area contributed by atoms with E-state index in [0.29, 0.717) is 6.54 Å². The quantitative estimate of drug-likeness (QED) is 0.733. The monoisotopic (exact) mass is 223 g/mol. The van der Waals surface area contributed by atoms with Gasteiger partial charge in [-0.05, 0) is 24.6 Å². The standard InChI is InChI=1S/C12H21N3O/c1-4-6-13-8-11-5-7-15(9-11)10-12(16)14(2)3/h5,7,9,13H,4,6,8,10H2,1-3H3. The zero-order chi connectivity index (χ0) is 12.0. The Morgan fingerprint density at radius 2 is 2.25 bits per heavy atom. The average Bonchev–Trinajstić information content (AvgIpc) is 2.66. The largest absolute Gasteiger partial charge is 0.347 e. The molecule has 16 heavy (non-hydrogen) atoms. The van der Waals surface area contributed by atoms with Crippen molar-refractivity contribution in [2.45, 2.75) is 26.4 Å². The Hall–Kier alpha value is -1.29. The first-order chi connectivity index (χ1) is 7.63. The van der Waals surface area contributed by atoms with Crippen LogP contribution in [0, 0.1) is 0 Å². The Labute approximate surface area is 97.2 Å². The number of hydrogen-bond acceptors (Lipinski definition) is 2. The molecule has 0 fully saturated rings. The van der Waals surface area contributed by atoms with Gasteiger partial charge in [-0.2, -0.15) is 0 Å². The van der Waals surface area contributed by atoms with Gasteiger partial charge in [0.15, 0.2) is 0 Å². The molecule has 4 heteroatoms. The number of hydrogen-bond donors (Lipinski definition) is 1. The Morgan fingerprint density at radius 1 is 1.50 bits per heavy atom. The predicted molar refractivity (Wildman–Crippen MR) is 65.1 cm³/mol. The average molecular weight is 223 g/mol. The zero-order valence-electron chi connectivity index (χ0n) is 10.4. The van der Waals surface area contributed by atoms with Crippen LogP contribution in [0.3, 0.4) is 0 Å². The van der Waals surface area contributed by atoms with E-state index in [9.17, 15) is 4.79 Å². The first-order valence-corrected chi connectivity index (χ1v) is 5.69. The molecule has 0 spiro atoms. The van der Waals surface area contributed by atoms with Crippen LogP contribution in [0.5, 0.6) is 0 Å². The van der Waals surface area contributed by atoms with Gasteiger partial charge in [0.1, 0.15) is 6.54 Å². The molecule has 1 amide bonds. The molecule has 1 heterocycles. The highest BCUT2D eigenvalue weighted by atomic mass is 16.2. The van der Waals surface area contributed by atoms with Crippen molar-refractivity contribution in [3.8, 4) is 0 Å². The van der Waals surface area contributed by atoms with E-state index in [0.717, 1.165) is 19.5 Å². The lowest BCUT2D eigenvalue weighted by Crippen LogP contribution is -2.25.